The maximum absolute atomic E-state index is 13.5. The highest BCUT2D eigenvalue weighted by molar-refractivity contribution is 8.00. The Morgan fingerprint density at radius 3 is 2.64 bits per heavy atom. The van der Waals surface area contributed by atoms with Crippen molar-refractivity contribution in [2.24, 2.45) is 23.5 Å². The number of rotatable bonds is 5. The second kappa shape index (κ2) is 13.6. The van der Waals surface area contributed by atoms with E-state index in [1.807, 2.05) is 12.2 Å². The lowest BCUT2D eigenvalue weighted by Crippen LogP contribution is -2.64. The number of thioether (sulfide) groups is 1. The van der Waals surface area contributed by atoms with E-state index in [0.29, 0.717) is 43.7 Å². The molecule has 2 bridgehead atoms. The lowest BCUT2D eigenvalue weighted by atomic mass is 9.85. The van der Waals surface area contributed by atoms with Crippen LogP contribution in [0.3, 0.4) is 0 Å². The minimum atomic E-state index is -1.37. The summed E-state index contributed by atoms with van der Waals surface area (Å²) in [5.74, 6) is 1.37. The lowest BCUT2D eigenvalue weighted by molar-refractivity contribution is -0.205. The van der Waals surface area contributed by atoms with Crippen molar-refractivity contribution < 1.29 is 29.6 Å². The number of carbonyl (C=O) groups excluding carboxylic acids is 1. The quantitative estimate of drug-likeness (QED) is 0.270. The first-order chi connectivity index (χ1) is 16.8. The molecule has 0 aliphatic carbocycles. The topological polar surface area (TPSA) is 146 Å². The van der Waals surface area contributed by atoms with E-state index < -0.39 is 41.9 Å². The number of allylic oxidation sites excluding steroid dienone is 1. The van der Waals surface area contributed by atoms with Gasteiger partial charge in [-0.25, -0.2) is 0 Å². The number of halogens is 1. The monoisotopic (exact) mass is 549 g/mol. The molecule has 0 aromatic rings. The van der Waals surface area contributed by atoms with Crippen LogP contribution in [-0.2, 0) is 14.3 Å². The molecule has 4 aliphatic rings. The Labute approximate surface area is 224 Å². The zero-order valence-electron chi connectivity index (χ0n) is 21.2. The van der Waals surface area contributed by atoms with Crippen LogP contribution < -0.4 is 16.4 Å². The molecule has 4 heterocycles. The van der Waals surface area contributed by atoms with Gasteiger partial charge in [0.2, 0.25) is 5.91 Å². The Balaban J connectivity index is 0.00000361. The molecule has 0 unspecified atom stereocenters. The van der Waals surface area contributed by atoms with Crippen LogP contribution in [0.4, 0.5) is 0 Å². The number of aliphatic hydroxyl groups excluding tert-OH is 3. The van der Waals surface area contributed by atoms with Crippen LogP contribution >= 0.6 is 24.2 Å². The number of carbonyl (C=O) groups is 1. The number of amides is 1. The van der Waals surface area contributed by atoms with Gasteiger partial charge in [0.25, 0.3) is 0 Å². The van der Waals surface area contributed by atoms with Gasteiger partial charge in [-0.15, -0.1) is 24.2 Å². The Morgan fingerprint density at radius 1 is 1.17 bits per heavy atom. The van der Waals surface area contributed by atoms with E-state index in [0.717, 1.165) is 19.4 Å². The molecule has 4 aliphatic heterocycles. The van der Waals surface area contributed by atoms with Gasteiger partial charge < -0.3 is 41.2 Å². The third-order valence-electron chi connectivity index (χ3n) is 7.83. The minimum Gasteiger partial charge on any atom is -0.388 e. The Morgan fingerprint density at radius 2 is 1.92 bits per heavy atom. The molecule has 3 saturated heterocycles. The normalized spacial score (nSPS) is 43.2. The van der Waals surface area contributed by atoms with Crippen LogP contribution in [0.25, 0.3) is 0 Å². The molecular weight excluding hydrogens is 506 g/mol. The number of hydrogen-bond donors (Lipinski definition) is 6. The molecule has 4 rings (SSSR count). The van der Waals surface area contributed by atoms with Gasteiger partial charge in [0.1, 0.15) is 35.9 Å². The Kier molecular flexibility index (Phi) is 11.4. The molecule has 208 valence electrons. The summed E-state index contributed by atoms with van der Waals surface area (Å²) >= 11 is 1.36. The Bertz CT molecular complexity index is 749. The largest absolute Gasteiger partial charge is 0.388 e. The first-order valence-electron chi connectivity index (χ1n) is 13.1. The minimum absolute atomic E-state index is 0. The molecule has 7 N–H and O–H groups in total. The first-order valence-corrected chi connectivity index (χ1v) is 14.1. The molecular formula is C25H44ClN3O6S. The maximum atomic E-state index is 13.5. The van der Waals surface area contributed by atoms with Crippen molar-refractivity contribution in [3.63, 3.8) is 0 Å². The predicted molar refractivity (Wildman–Crippen MR) is 142 cm³/mol. The van der Waals surface area contributed by atoms with E-state index in [4.69, 9.17) is 15.2 Å². The number of nitrogens with one attached hydrogen (secondary N) is 2. The molecule has 9 nitrogen and oxygen atoms in total. The van der Waals surface area contributed by atoms with Crippen molar-refractivity contribution >= 4 is 30.1 Å². The molecule has 0 aromatic carbocycles. The van der Waals surface area contributed by atoms with Crippen molar-refractivity contribution in [3.05, 3.63) is 12.2 Å². The fraction of sp³-hybridized carbons (Fsp3) is 0.880. The summed E-state index contributed by atoms with van der Waals surface area (Å²) in [6.45, 7) is 6.30. The zero-order valence-corrected chi connectivity index (χ0v) is 22.8. The zero-order chi connectivity index (χ0) is 25.1. The predicted octanol–water partition coefficient (Wildman–Crippen LogP) is 0.540. The third-order valence-corrected chi connectivity index (χ3v) is 9.26. The smallest absolute Gasteiger partial charge is 0.240 e. The molecule has 3 fully saturated rings. The lowest BCUT2D eigenvalue weighted by Gasteiger charge is -2.44. The average molecular weight is 550 g/mol. The highest BCUT2D eigenvalue weighted by Gasteiger charge is 2.49. The summed E-state index contributed by atoms with van der Waals surface area (Å²) in [6, 6.07) is -1.03. The molecule has 0 saturated carbocycles. The number of ether oxygens (including phenoxy) is 2. The van der Waals surface area contributed by atoms with Crippen molar-refractivity contribution in [2.45, 2.75) is 99.2 Å². The van der Waals surface area contributed by atoms with E-state index in [1.54, 1.807) is 0 Å². The number of nitrogens with two attached hydrogens (primary N) is 1. The van der Waals surface area contributed by atoms with Crippen LogP contribution in [0.1, 0.15) is 46.0 Å². The maximum Gasteiger partial charge on any atom is 0.240 e. The first kappa shape index (κ1) is 30.1. The Hall–Kier alpha value is -0.430. The van der Waals surface area contributed by atoms with Crippen LogP contribution in [0.2, 0.25) is 0 Å². The summed E-state index contributed by atoms with van der Waals surface area (Å²) in [6.07, 6.45) is 3.39. The van der Waals surface area contributed by atoms with Crippen molar-refractivity contribution in [1.82, 2.24) is 10.6 Å². The van der Waals surface area contributed by atoms with E-state index in [1.165, 1.54) is 18.2 Å². The highest BCUT2D eigenvalue weighted by Crippen LogP contribution is 2.36. The molecule has 1 amide bonds. The van der Waals surface area contributed by atoms with Gasteiger partial charge in [0.05, 0.1) is 12.1 Å². The number of hydrogen-bond acceptors (Lipinski definition) is 9. The van der Waals surface area contributed by atoms with Gasteiger partial charge in [-0.05, 0) is 49.9 Å². The molecule has 0 aromatic heterocycles. The van der Waals surface area contributed by atoms with Crippen LogP contribution in [0.5, 0.6) is 0 Å². The van der Waals surface area contributed by atoms with Gasteiger partial charge in [-0.1, -0.05) is 26.0 Å². The van der Waals surface area contributed by atoms with E-state index in [-0.39, 0.29) is 29.7 Å². The van der Waals surface area contributed by atoms with E-state index in [9.17, 15) is 20.1 Å². The summed E-state index contributed by atoms with van der Waals surface area (Å²) in [5.41, 5.74) is 5.13. The molecule has 36 heavy (non-hydrogen) atoms. The summed E-state index contributed by atoms with van der Waals surface area (Å²) in [7, 11) is 0. The van der Waals surface area contributed by atoms with E-state index >= 15 is 0 Å². The highest BCUT2D eigenvalue weighted by atomic mass is 35.5. The summed E-state index contributed by atoms with van der Waals surface area (Å²) < 4.78 is 12.3. The molecule has 11 atom stereocenters. The van der Waals surface area contributed by atoms with Gasteiger partial charge in [0, 0.05) is 24.9 Å². The number of aliphatic hydroxyl groups is 3. The van der Waals surface area contributed by atoms with Crippen LogP contribution in [0.15, 0.2) is 12.2 Å². The average Bonchev–Trinajstić information content (AvgIpc) is 3.11. The van der Waals surface area contributed by atoms with Crippen molar-refractivity contribution in [2.75, 3.05) is 19.7 Å². The standard InChI is InChI=1S/C25H43N3O6S.ClH/c1-13(2)9-14-7-8-33-22-15(10-14)12-27-18(22)24(32)28-17-6-4-3-5-16(11-26)35-25-21(31)19(29)20(30)23(17)34-25;/h3-4,13-23,25,27,29-31H,5-12,26H2,1-2H3,(H,28,32);1H/t14-,15-,16-,17+,18-,19-,20+,21+,22+,23+,25+;/m0./s1. The SMILES string of the molecule is CC(C)C[C@@H]1CCO[C@@H]2[C@H](CN[C@@H]2C(=O)N[C@@H]2CC=CC[C@@H](CN)S[C@H]3O[C@H]2[C@H](O)[C@H](O)[C@H]3O)C1.Cl. The second-order valence-electron chi connectivity index (χ2n) is 11.0. The van der Waals surface area contributed by atoms with Gasteiger partial charge >= 0.3 is 0 Å². The van der Waals surface area contributed by atoms with Crippen LogP contribution in [0, 0.1) is 17.8 Å². The fourth-order valence-electron chi connectivity index (χ4n) is 6.03. The van der Waals surface area contributed by atoms with Gasteiger partial charge in [0.15, 0.2) is 0 Å². The van der Waals surface area contributed by atoms with Crippen molar-refractivity contribution in [3.8, 4) is 0 Å². The van der Waals surface area contributed by atoms with Crippen molar-refractivity contribution in [1.29, 1.82) is 0 Å². The fourth-order valence-corrected chi connectivity index (χ4v) is 7.25. The summed E-state index contributed by atoms with van der Waals surface area (Å²) in [4.78, 5) is 13.5. The second-order valence-corrected chi connectivity index (χ2v) is 12.4. The van der Waals surface area contributed by atoms with E-state index in [2.05, 4.69) is 24.5 Å². The van der Waals surface area contributed by atoms with Crippen LogP contribution in [-0.4, -0.2) is 94.2 Å². The molecule has 11 heteroatoms. The third kappa shape index (κ3) is 6.95. The molecule has 0 spiro atoms. The number of fused-ring (bicyclic) bond motifs is 3. The summed E-state index contributed by atoms with van der Waals surface area (Å²) in [5, 5.41) is 38.3. The molecule has 0 radical (unpaired) electrons. The van der Waals surface area contributed by atoms with Gasteiger partial charge in [-0.3, -0.25) is 4.79 Å². The van der Waals surface area contributed by atoms with Gasteiger partial charge in [-0.2, -0.15) is 0 Å².